The van der Waals surface area contributed by atoms with Crippen LogP contribution >= 0.6 is 11.3 Å². The van der Waals surface area contributed by atoms with Gasteiger partial charge in [-0.1, -0.05) is 18.2 Å². The molecule has 6 heteroatoms. The zero-order valence-corrected chi connectivity index (χ0v) is 12.9. The van der Waals surface area contributed by atoms with Gasteiger partial charge in [0.25, 0.3) is 11.9 Å². The molecule has 0 saturated heterocycles. The second-order valence-electron chi connectivity index (χ2n) is 4.65. The lowest BCUT2D eigenvalue weighted by molar-refractivity contribution is 0.0992. The molecule has 0 aliphatic heterocycles. The first-order valence-electron chi connectivity index (χ1n) is 6.70. The van der Waals surface area contributed by atoms with Gasteiger partial charge >= 0.3 is 0 Å². The Hall–Kier alpha value is -2.60. The Kier molecular flexibility index (Phi) is 3.93. The van der Waals surface area contributed by atoms with Gasteiger partial charge in [0.2, 0.25) is 0 Å². The minimum atomic E-state index is -0.350. The fraction of sp³-hybridized carbons (Fsp3) is 0.125. The van der Waals surface area contributed by atoms with Crippen molar-refractivity contribution in [3.8, 4) is 11.7 Å². The van der Waals surface area contributed by atoms with E-state index in [1.807, 2.05) is 44.2 Å². The first-order valence-corrected chi connectivity index (χ1v) is 7.51. The smallest absolute Gasteiger partial charge is 0.293 e. The number of carbonyl (C=O) groups excluding carboxylic acids is 1. The van der Waals surface area contributed by atoms with Crippen molar-refractivity contribution < 1.29 is 13.9 Å². The van der Waals surface area contributed by atoms with E-state index in [0.29, 0.717) is 10.9 Å². The Balaban J connectivity index is 1.69. The maximum atomic E-state index is 12.1. The second kappa shape index (κ2) is 6.03. The first kappa shape index (κ1) is 14.3. The third-order valence-electron chi connectivity index (χ3n) is 3.02. The van der Waals surface area contributed by atoms with E-state index in [4.69, 9.17) is 9.15 Å². The number of anilines is 1. The van der Waals surface area contributed by atoms with Crippen LogP contribution in [0.1, 0.15) is 21.1 Å². The Morgan fingerprint density at radius 2 is 1.95 bits per heavy atom. The van der Waals surface area contributed by atoms with Crippen molar-refractivity contribution in [2.45, 2.75) is 13.8 Å². The van der Waals surface area contributed by atoms with Crippen LogP contribution in [0, 0.1) is 13.8 Å². The predicted octanol–water partition coefficient (Wildman–Crippen LogP) is 4.40. The van der Waals surface area contributed by atoms with Crippen LogP contribution in [-0.4, -0.2) is 10.9 Å². The summed E-state index contributed by atoms with van der Waals surface area (Å²) in [5, 5.41) is 3.27. The van der Waals surface area contributed by atoms with Gasteiger partial charge in [0.15, 0.2) is 10.9 Å². The van der Waals surface area contributed by atoms with E-state index in [1.54, 1.807) is 12.1 Å². The van der Waals surface area contributed by atoms with Crippen molar-refractivity contribution >= 4 is 22.4 Å². The lowest BCUT2D eigenvalue weighted by Crippen LogP contribution is -2.10. The molecule has 0 spiro atoms. The molecule has 0 aliphatic rings. The highest BCUT2D eigenvalue weighted by molar-refractivity contribution is 7.15. The van der Waals surface area contributed by atoms with Gasteiger partial charge in [-0.2, -0.15) is 0 Å². The van der Waals surface area contributed by atoms with Crippen LogP contribution in [0.15, 0.2) is 46.9 Å². The van der Waals surface area contributed by atoms with Crippen molar-refractivity contribution in [1.82, 2.24) is 4.98 Å². The summed E-state index contributed by atoms with van der Waals surface area (Å²) >= 11 is 1.43. The number of hydrogen-bond acceptors (Lipinski definition) is 5. The molecule has 0 saturated carbocycles. The van der Waals surface area contributed by atoms with Crippen LogP contribution in [0.3, 0.4) is 0 Å². The van der Waals surface area contributed by atoms with E-state index in [9.17, 15) is 4.79 Å². The molecule has 3 rings (SSSR count). The Bertz CT molecular complexity index is 773. The molecule has 1 amide bonds. The molecular weight excluding hydrogens is 300 g/mol. The number of thiazole rings is 1. The van der Waals surface area contributed by atoms with E-state index in [0.717, 1.165) is 10.6 Å². The summed E-state index contributed by atoms with van der Waals surface area (Å²) in [4.78, 5) is 17.4. The summed E-state index contributed by atoms with van der Waals surface area (Å²) in [6.45, 7) is 3.86. The number of hydrogen-bond donors (Lipinski definition) is 1. The number of carbonyl (C=O) groups is 1. The van der Waals surface area contributed by atoms with E-state index in [1.165, 1.54) is 11.3 Å². The van der Waals surface area contributed by atoms with Crippen molar-refractivity contribution in [1.29, 1.82) is 0 Å². The minimum absolute atomic E-state index is 0.177. The summed E-state index contributed by atoms with van der Waals surface area (Å²) in [7, 11) is 0. The maximum absolute atomic E-state index is 12.1. The van der Waals surface area contributed by atoms with Gasteiger partial charge in [0.05, 0.1) is 5.69 Å². The van der Waals surface area contributed by atoms with E-state index < -0.39 is 0 Å². The van der Waals surface area contributed by atoms with E-state index >= 15 is 0 Å². The fourth-order valence-corrected chi connectivity index (χ4v) is 2.60. The Labute approximate surface area is 131 Å². The lowest BCUT2D eigenvalue weighted by atomic mass is 10.3. The van der Waals surface area contributed by atoms with Crippen LogP contribution in [0.5, 0.6) is 11.7 Å². The highest BCUT2D eigenvalue weighted by Crippen LogP contribution is 2.25. The molecule has 1 aromatic carbocycles. The summed E-state index contributed by atoms with van der Waals surface area (Å²) in [6.07, 6.45) is 0. The highest BCUT2D eigenvalue weighted by Gasteiger charge is 2.14. The molecule has 2 aromatic heterocycles. The zero-order valence-electron chi connectivity index (χ0n) is 12.1. The number of rotatable bonds is 4. The molecular formula is C16H14N2O3S. The van der Waals surface area contributed by atoms with Crippen molar-refractivity contribution in [2.24, 2.45) is 0 Å². The standard InChI is InChI=1S/C16H14N2O3S/c1-10-11(2)22-16(17-10)18-15(19)13-8-9-14(21-13)20-12-6-4-3-5-7-12/h3-9H,1-2H3,(H,17,18,19). The van der Waals surface area contributed by atoms with Gasteiger partial charge in [-0.25, -0.2) is 4.98 Å². The van der Waals surface area contributed by atoms with Crippen LogP contribution < -0.4 is 10.1 Å². The Morgan fingerprint density at radius 1 is 1.18 bits per heavy atom. The molecule has 0 unspecified atom stereocenters. The van der Waals surface area contributed by atoms with Gasteiger partial charge < -0.3 is 9.15 Å². The number of ether oxygens (including phenoxy) is 1. The number of furan rings is 1. The minimum Gasteiger partial charge on any atom is -0.426 e. The summed E-state index contributed by atoms with van der Waals surface area (Å²) < 4.78 is 10.9. The molecule has 5 nitrogen and oxygen atoms in total. The molecule has 1 N–H and O–H groups in total. The number of aryl methyl sites for hydroxylation is 2. The molecule has 0 bridgehead atoms. The van der Waals surface area contributed by atoms with E-state index in [-0.39, 0.29) is 17.6 Å². The molecule has 0 aliphatic carbocycles. The lowest BCUT2D eigenvalue weighted by Gasteiger charge is -2.01. The second-order valence-corrected chi connectivity index (χ2v) is 5.85. The van der Waals surface area contributed by atoms with Crippen LogP contribution in [0.2, 0.25) is 0 Å². The van der Waals surface area contributed by atoms with Gasteiger partial charge in [-0.3, -0.25) is 10.1 Å². The predicted molar refractivity (Wildman–Crippen MR) is 84.8 cm³/mol. The normalized spacial score (nSPS) is 10.5. The quantitative estimate of drug-likeness (QED) is 0.775. The van der Waals surface area contributed by atoms with Gasteiger partial charge in [-0.15, -0.1) is 11.3 Å². The maximum Gasteiger partial charge on any atom is 0.293 e. The number of amides is 1. The number of nitrogens with zero attached hydrogens (tertiary/aromatic N) is 1. The molecule has 0 atom stereocenters. The number of para-hydroxylation sites is 1. The Morgan fingerprint density at radius 3 is 2.64 bits per heavy atom. The number of nitrogens with one attached hydrogen (secondary N) is 1. The van der Waals surface area contributed by atoms with Crippen molar-refractivity contribution in [3.63, 3.8) is 0 Å². The van der Waals surface area contributed by atoms with E-state index in [2.05, 4.69) is 10.3 Å². The van der Waals surface area contributed by atoms with Gasteiger partial charge in [-0.05, 0) is 32.0 Å². The summed E-state index contributed by atoms with van der Waals surface area (Å²) in [6, 6.07) is 12.4. The third-order valence-corrected chi connectivity index (χ3v) is 4.00. The zero-order chi connectivity index (χ0) is 15.5. The molecule has 2 heterocycles. The molecule has 22 heavy (non-hydrogen) atoms. The van der Waals surface area contributed by atoms with Crippen molar-refractivity contribution in [3.05, 3.63) is 58.8 Å². The molecule has 0 radical (unpaired) electrons. The molecule has 0 fully saturated rings. The first-order chi connectivity index (χ1) is 10.6. The average Bonchev–Trinajstić information content (AvgIpc) is 3.08. The van der Waals surface area contributed by atoms with Crippen LogP contribution in [0.25, 0.3) is 0 Å². The van der Waals surface area contributed by atoms with Crippen LogP contribution in [0.4, 0.5) is 5.13 Å². The largest absolute Gasteiger partial charge is 0.426 e. The fourth-order valence-electron chi connectivity index (χ4n) is 1.79. The molecule has 3 aromatic rings. The number of aromatic nitrogens is 1. The highest BCUT2D eigenvalue weighted by atomic mass is 32.1. The van der Waals surface area contributed by atoms with Gasteiger partial charge in [0.1, 0.15) is 5.75 Å². The van der Waals surface area contributed by atoms with Crippen molar-refractivity contribution in [2.75, 3.05) is 5.32 Å². The monoisotopic (exact) mass is 314 g/mol. The summed E-state index contributed by atoms with van der Waals surface area (Å²) in [5.74, 6) is 0.742. The third kappa shape index (κ3) is 3.17. The molecule has 112 valence electrons. The number of benzene rings is 1. The average molecular weight is 314 g/mol. The topological polar surface area (TPSA) is 64.4 Å². The van der Waals surface area contributed by atoms with Gasteiger partial charge in [0, 0.05) is 10.9 Å². The summed E-state index contributed by atoms with van der Waals surface area (Å²) in [5.41, 5.74) is 0.910. The SMILES string of the molecule is Cc1nc(NC(=O)c2ccc(Oc3ccccc3)o2)sc1C. The van der Waals surface area contributed by atoms with Crippen LogP contribution in [-0.2, 0) is 0 Å².